The number of para-hydroxylation sites is 1. The fourth-order valence-electron chi connectivity index (χ4n) is 10.9. The highest BCUT2D eigenvalue weighted by Crippen LogP contribution is 2.33. The quantitative estimate of drug-likeness (QED) is 0.0246. The van der Waals surface area contributed by atoms with Crippen molar-refractivity contribution in [2.75, 3.05) is 60.9 Å². The maximum absolute atomic E-state index is 14.1. The van der Waals surface area contributed by atoms with E-state index < -0.39 is 35.8 Å². The molecule has 0 bridgehead atoms. The Hall–Kier alpha value is -13.1. The van der Waals surface area contributed by atoms with Crippen molar-refractivity contribution >= 4 is 80.8 Å². The van der Waals surface area contributed by atoms with E-state index in [-0.39, 0.29) is 93.9 Å². The molecule has 0 aliphatic rings. The molecule has 2 amide bonds. The Balaban J connectivity index is 0.000000169. The van der Waals surface area contributed by atoms with Gasteiger partial charge in [-0.15, -0.1) is 0 Å². The molecular formula is C74H72F3N17O9. The van der Waals surface area contributed by atoms with Crippen LogP contribution in [-0.4, -0.2) is 116 Å². The van der Waals surface area contributed by atoms with Crippen molar-refractivity contribution in [3.05, 3.63) is 244 Å². The molecule has 6 aromatic heterocycles. The number of aliphatic carboxylic acids is 1. The highest BCUT2D eigenvalue weighted by Gasteiger charge is 2.24. The predicted octanol–water partition coefficient (Wildman–Crippen LogP) is 12.0. The van der Waals surface area contributed by atoms with Gasteiger partial charge in [0.25, 0.3) is 0 Å². The van der Waals surface area contributed by atoms with Gasteiger partial charge >= 0.3 is 24.1 Å². The third-order valence-electron chi connectivity index (χ3n) is 16.1. The number of nitrogen functional groups attached to an aromatic ring is 4. The molecule has 6 heterocycles. The molecule has 6 aromatic carbocycles. The number of aryl methyl sites for hydroxylation is 2. The van der Waals surface area contributed by atoms with Crippen molar-refractivity contribution in [2.24, 2.45) is 0 Å². The second kappa shape index (κ2) is 34.6. The summed E-state index contributed by atoms with van der Waals surface area (Å²) in [5.74, 6) is -2.50. The third kappa shape index (κ3) is 19.4. The number of nitrogens with zero attached hydrogens (tertiary/aromatic N) is 11. The van der Waals surface area contributed by atoms with Gasteiger partial charge in [-0.3, -0.25) is 20.3 Å². The lowest BCUT2D eigenvalue weighted by molar-refractivity contribution is -0.137. The molecule has 0 spiro atoms. The van der Waals surface area contributed by atoms with Crippen LogP contribution in [0.2, 0.25) is 0 Å². The van der Waals surface area contributed by atoms with Crippen LogP contribution in [0.25, 0.3) is 45.1 Å². The number of methoxy groups -OCH3 is 2. The van der Waals surface area contributed by atoms with Crippen LogP contribution >= 0.6 is 0 Å². The SMILES string of the molecule is COC(=O)Nc1c(N)nc(-c2nn(Cc3ccccc3F)c3ncc(F)cc23)nc1N.COC(=O)Nc1c(N)nc(-c2nn(Cc3ccccc3F)c3ncccc23)nc1N.O=C(O)CCCCN(CCc1ccccc1OCc1ccc(CCc2ccccc2)cc1)Cc1ccc(C(=O)O)cc1. The number of carbonyl (C=O) groups excluding carboxylic acids is 2. The first-order valence-electron chi connectivity index (χ1n) is 32.3. The zero-order valence-electron chi connectivity index (χ0n) is 55.9. The largest absolute Gasteiger partial charge is 0.489 e. The van der Waals surface area contributed by atoms with Gasteiger partial charge in [0.1, 0.15) is 52.6 Å². The Bertz CT molecular complexity index is 4910. The Morgan fingerprint density at radius 2 is 1.02 bits per heavy atom. The Labute approximate surface area is 588 Å². The summed E-state index contributed by atoms with van der Waals surface area (Å²) in [5.41, 5.74) is 32.1. The summed E-state index contributed by atoms with van der Waals surface area (Å²) in [6, 6.07) is 51.5. The van der Waals surface area contributed by atoms with E-state index in [0.29, 0.717) is 47.4 Å². The maximum Gasteiger partial charge on any atom is 0.411 e. The van der Waals surface area contributed by atoms with Crippen LogP contribution in [0.5, 0.6) is 5.75 Å². The van der Waals surface area contributed by atoms with E-state index in [2.05, 4.69) is 120 Å². The van der Waals surface area contributed by atoms with Crippen LogP contribution in [0.15, 0.2) is 182 Å². The monoisotopic (exact) mass is 1400 g/mol. The molecule has 0 atom stereocenters. The van der Waals surface area contributed by atoms with Crippen LogP contribution in [-0.2, 0) is 59.8 Å². The van der Waals surface area contributed by atoms with Crippen LogP contribution in [0, 0.1) is 17.5 Å². The average Bonchev–Trinajstić information content (AvgIpc) is 1.65. The number of halogens is 3. The summed E-state index contributed by atoms with van der Waals surface area (Å²) in [6.45, 7) is 2.87. The number of benzene rings is 6. The highest BCUT2D eigenvalue weighted by atomic mass is 19.1. The summed E-state index contributed by atoms with van der Waals surface area (Å²) in [7, 11) is 2.38. The summed E-state index contributed by atoms with van der Waals surface area (Å²) in [5, 5.41) is 32.7. The Morgan fingerprint density at radius 3 is 1.56 bits per heavy atom. The number of nitrogens with one attached hydrogen (secondary N) is 2. The highest BCUT2D eigenvalue weighted by molar-refractivity contribution is 5.96. The minimum atomic E-state index is -0.942. The molecule has 12 N–H and O–H groups in total. The van der Waals surface area contributed by atoms with E-state index in [1.54, 1.807) is 71.5 Å². The number of carboxylic acids is 2. The predicted molar refractivity (Wildman–Crippen MR) is 383 cm³/mol. The first-order valence-corrected chi connectivity index (χ1v) is 32.3. The van der Waals surface area contributed by atoms with E-state index in [1.165, 1.54) is 48.2 Å². The fourth-order valence-corrected chi connectivity index (χ4v) is 10.9. The molecule has 528 valence electrons. The topological polar surface area (TPSA) is 381 Å². The van der Waals surface area contributed by atoms with Crippen molar-refractivity contribution in [1.29, 1.82) is 0 Å². The molecule has 0 aliphatic carbocycles. The lowest BCUT2D eigenvalue weighted by atomic mass is 10.0. The number of aromatic nitrogens is 10. The van der Waals surface area contributed by atoms with Gasteiger partial charge in [-0.05, 0) is 115 Å². The van der Waals surface area contributed by atoms with Gasteiger partial charge < -0.3 is 47.4 Å². The first kappa shape index (κ1) is 72.7. The van der Waals surface area contributed by atoms with E-state index in [1.807, 2.05) is 36.4 Å². The number of rotatable bonds is 25. The molecule has 12 rings (SSSR count). The number of nitrogens with two attached hydrogens (primary N) is 4. The summed E-state index contributed by atoms with van der Waals surface area (Å²) >= 11 is 0. The van der Waals surface area contributed by atoms with Gasteiger partial charge in [-0.1, -0.05) is 121 Å². The second-order valence-electron chi connectivity index (χ2n) is 23.3. The standard InChI is InChI=1S/C36H39NO5.C19H16F2N8O2.C19H17FN8O2/c38-35(39)12-6-7-24-37(26-30-19-21-33(22-20-30)36(40)41)25-23-32-10-4-5-11-34(32)42-27-31-17-15-29(16-18-31)14-13-28-8-2-1-3-9-28;1-31-19(30)25-14-15(22)26-17(27-16(14)23)13-11-6-10(20)7-24-18(11)29(28-13)8-9-4-2-3-5-12(9)21;1-30-19(29)24-14-15(21)25-17(26-16(14)22)13-11-6-4-8-23-18(11)28(27-13)9-10-5-2-3-7-12(10)20/h1-5,8-11,15-22H,6-7,12-14,23-27H2,(H,38,39)(H,40,41);2-7H,8H2,1H3,(H,25,30)(H4,22,23,26,27);2-8H,9H2,1H3,(H,24,29)(H4,21,22,25,26). The van der Waals surface area contributed by atoms with Gasteiger partial charge in [-0.25, -0.2) is 66.8 Å². The number of ether oxygens (including phenoxy) is 3. The minimum Gasteiger partial charge on any atom is -0.489 e. The molecule has 0 saturated heterocycles. The second-order valence-corrected chi connectivity index (χ2v) is 23.3. The molecule has 0 fully saturated rings. The van der Waals surface area contributed by atoms with E-state index in [9.17, 15) is 37.5 Å². The van der Waals surface area contributed by atoms with Crippen LogP contribution in [0.4, 0.5) is 57.4 Å². The Morgan fingerprint density at radius 1 is 0.524 bits per heavy atom. The zero-order valence-corrected chi connectivity index (χ0v) is 55.9. The number of carboxylic acid groups (broad SMARTS) is 2. The van der Waals surface area contributed by atoms with E-state index in [0.717, 1.165) is 67.4 Å². The lowest BCUT2D eigenvalue weighted by Crippen LogP contribution is -2.27. The van der Waals surface area contributed by atoms with Gasteiger partial charge in [0, 0.05) is 36.8 Å². The van der Waals surface area contributed by atoms with Crippen molar-refractivity contribution < 1.29 is 56.8 Å². The van der Waals surface area contributed by atoms with Gasteiger partial charge in [0.15, 0.2) is 46.2 Å². The number of unbranched alkanes of at least 4 members (excludes halogenated alkanes) is 1. The molecule has 29 heteroatoms. The smallest absolute Gasteiger partial charge is 0.411 e. The summed E-state index contributed by atoms with van der Waals surface area (Å²) in [6.07, 6.45) is 5.44. The normalized spacial score (nSPS) is 10.9. The zero-order chi connectivity index (χ0) is 72.9. The van der Waals surface area contributed by atoms with Crippen molar-refractivity contribution in [3.63, 3.8) is 0 Å². The van der Waals surface area contributed by atoms with Crippen LogP contribution < -0.4 is 38.3 Å². The molecular weight excluding hydrogens is 1330 g/mol. The van der Waals surface area contributed by atoms with Crippen LogP contribution in [0.3, 0.4) is 0 Å². The fraction of sp³-hybridized carbons (Fsp3) is 0.189. The number of hydrogen-bond donors (Lipinski definition) is 8. The third-order valence-corrected chi connectivity index (χ3v) is 16.1. The number of pyridine rings is 2. The molecule has 26 nitrogen and oxygen atoms in total. The summed E-state index contributed by atoms with van der Waals surface area (Å²) in [4.78, 5) is 72.5. The molecule has 0 saturated carbocycles. The van der Waals surface area contributed by atoms with E-state index in [4.69, 9.17) is 32.8 Å². The number of fused-ring (bicyclic) bond motifs is 2. The van der Waals surface area contributed by atoms with Gasteiger partial charge in [-0.2, -0.15) is 10.2 Å². The first-order chi connectivity index (χ1) is 49.8. The minimum absolute atomic E-state index is 0.0184. The number of aromatic carboxylic acids is 1. The van der Waals surface area contributed by atoms with Crippen molar-refractivity contribution in [3.8, 4) is 28.8 Å². The molecule has 103 heavy (non-hydrogen) atoms. The van der Waals surface area contributed by atoms with E-state index >= 15 is 0 Å². The number of hydrogen-bond acceptors (Lipinski definition) is 20. The summed E-state index contributed by atoms with van der Waals surface area (Å²) < 4.78 is 60.4. The lowest BCUT2D eigenvalue weighted by Gasteiger charge is -2.23. The van der Waals surface area contributed by atoms with Crippen LogP contribution in [0.1, 0.15) is 68.6 Å². The van der Waals surface area contributed by atoms with Crippen molar-refractivity contribution in [1.82, 2.24) is 54.4 Å². The molecule has 0 aliphatic heterocycles. The number of carbonyl (C=O) groups is 4. The van der Waals surface area contributed by atoms with Crippen molar-refractivity contribution in [2.45, 2.75) is 64.8 Å². The Kier molecular flexibility index (Phi) is 24.4. The van der Waals surface area contributed by atoms with Gasteiger partial charge in [0.05, 0.1) is 49.8 Å². The average molecular weight is 1400 g/mol. The molecule has 12 aromatic rings. The molecule has 0 radical (unpaired) electrons. The molecule has 0 unspecified atom stereocenters. The van der Waals surface area contributed by atoms with Gasteiger partial charge in [0.2, 0.25) is 0 Å². The number of anilines is 6. The number of amides is 2. The maximum atomic E-state index is 14.1.